The third-order valence-corrected chi connectivity index (χ3v) is 9.96. The standard InChI is InChI=1S/C42H45N3O7S/c1-45(49)38(48)17-11-3-2-10-16-37(47)43-34-24-22-31(23-25-34)36-26-35(30-20-18-29(27-46)19-21-30)50-39(51-36)28-53-42-44-40(32-12-6-4-7-13-32)41(52-42)33-14-8-5-9-15-33/h4-9,12-15,18-25,35-36,39,46,49H,2-3,10-11,16-17,26-28H2,1H3,(H,43,47). The lowest BCUT2D eigenvalue weighted by Gasteiger charge is -2.36. The van der Waals surface area contributed by atoms with Gasteiger partial charge in [-0.3, -0.25) is 14.8 Å². The highest BCUT2D eigenvalue weighted by molar-refractivity contribution is 7.99. The van der Waals surface area contributed by atoms with Crippen molar-refractivity contribution in [3.05, 3.63) is 126 Å². The average Bonchev–Trinajstić information content (AvgIpc) is 3.63. The number of hydroxylamine groups is 2. The van der Waals surface area contributed by atoms with E-state index in [4.69, 9.17) is 24.1 Å². The topological polar surface area (TPSA) is 134 Å². The summed E-state index contributed by atoms with van der Waals surface area (Å²) in [6.45, 7) is -0.0304. The summed E-state index contributed by atoms with van der Waals surface area (Å²) in [7, 11) is 1.33. The summed E-state index contributed by atoms with van der Waals surface area (Å²) in [5, 5.41) is 22.8. The van der Waals surface area contributed by atoms with Gasteiger partial charge in [0.05, 0.1) is 24.6 Å². The molecule has 276 valence electrons. The summed E-state index contributed by atoms with van der Waals surface area (Å²) in [6.07, 6.45) is 3.22. The summed E-state index contributed by atoms with van der Waals surface area (Å²) in [4.78, 5) is 29.0. The summed E-state index contributed by atoms with van der Waals surface area (Å²) >= 11 is 1.44. The summed E-state index contributed by atoms with van der Waals surface area (Å²) in [5.74, 6) is 0.775. The van der Waals surface area contributed by atoms with E-state index in [2.05, 4.69) is 5.32 Å². The van der Waals surface area contributed by atoms with Gasteiger partial charge in [-0.1, -0.05) is 122 Å². The fourth-order valence-electron chi connectivity index (χ4n) is 6.21. The predicted octanol–water partition coefficient (Wildman–Crippen LogP) is 8.97. The largest absolute Gasteiger partial charge is 0.431 e. The fraction of sp³-hybridized carbons (Fsp3) is 0.310. The molecule has 0 bridgehead atoms. The molecule has 0 saturated carbocycles. The minimum absolute atomic E-state index is 0.0304. The number of carbonyl (C=O) groups is 2. The van der Waals surface area contributed by atoms with Crippen LogP contribution >= 0.6 is 11.8 Å². The third kappa shape index (κ3) is 10.6. The predicted molar refractivity (Wildman–Crippen MR) is 204 cm³/mol. The summed E-state index contributed by atoms with van der Waals surface area (Å²) in [6, 6.07) is 35.5. The van der Waals surface area contributed by atoms with Crippen molar-refractivity contribution >= 4 is 29.3 Å². The van der Waals surface area contributed by atoms with Crippen LogP contribution in [-0.2, 0) is 25.7 Å². The maximum absolute atomic E-state index is 12.6. The highest BCUT2D eigenvalue weighted by Gasteiger charge is 2.33. The number of aliphatic hydroxyl groups excluding tert-OH is 1. The molecular formula is C42H45N3O7S. The van der Waals surface area contributed by atoms with Crippen molar-refractivity contribution in [2.24, 2.45) is 0 Å². The van der Waals surface area contributed by atoms with Crippen LogP contribution in [-0.4, -0.2) is 51.3 Å². The maximum Gasteiger partial charge on any atom is 0.256 e. The number of hydrogen-bond acceptors (Lipinski definition) is 9. The van der Waals surface area contributed by atoms with Crippen molar-refractivity contribution < 1.29 is 33.8 Å². The van der Waals surface area contributed by atoms with E-state index in [1.807, 2.05) is 109 Å². The van der Waals surface area contributed by atoms with Crippen LogP contribution in [0, 0.1) is 0 Å². The summed E-state index contributed by atoms with van der Waals surface area (Å²) < 4.78 is 19.4. The molecule has 6 rings (SSSR count). The molecule has 0 radical (unpaired) electrons. The number of anilines is 1. The van der Waals surface area contributed by atoms with Gasteiger partial charge in [-0.25, -0.2) is 10.0 Å². The number of oxazole rings is 1. The van der Waals surface area contributed by atoms with Crippen LogP contribution in [0.15, 0.2) is 119 Å². The number of hydrogen-bond donors (Lipinski definition) is 3. The van der Waals surface area contributed by atoms with E-state index in [9.17, 15) is 14.7 Å². The highest BCUT2D eigenvalue weighted by atomic mass is 32.2. The lowest BCUT2D eigenvalue weighted by atomic mass is 9.96. The second-order valence-electron chi connectivity index (χ2n) is 13.0. The number of rotatable bonds is 16. The van der Waals surface area contributed by atoms with Gasteiger partial charge in [-0.2, -0.15) is 0 Å². The van der Waals surface area contributed by atoms with Crippen molar-refractivity contribution in [1.29, 1.82) is 0 Å². The molecule has 5 aromatic rings. The van der Waals surface area contributed by atoms with Crippen molar-refractivity contribution in [2.45, 2.75) is 75.3 Å². The lowest BCUT2D eigenvalue weighted by molar-refractivity contribution is -0.236. The van der Waals surface area contributed by atoms with Gasteiger partial charge >= 0.3 is 0 Å². The van der Waals surface area contributed by atoms with Crippen LogP contribution < -0.4 is 5.32 Å². The molecule has 11 heteroatoms. The van der Waals surface area contributed by atoms with Crippen molar-refractivity contribution in [3.8, 4) is 22.6 Å². The van der Waals surface area contributed by atoms with Crippen molar-refractivity contribution in [3.63, 3.8) is 0 Å². The van der Waals surface area contributed by atoms with Gasteiger partial charge in [0.1, 0.15) is 5.69 Å². The van der Waals surface area contributed by atoms with Crippen LogP contribution in [0.5, 0.6) is 0 Å². The zero-order chi connectivity index (χ0) is 37.0. The molecule has 1 aliphatic rings. The van der Waals surface area contributed by atoms with E-state index in [-0.39, 0.29) is 30.6 Å². The van der Waals surface area contributed by atoms with Gasteiger partial charge in [0, 0.05) is 43.1 Å². The van der Waals surface area contributed by atoms with E-state index in [0.29, 0.717) is 53.2 Å². The number of unbranched alkanes of at least 4 members (excludes halogenated alkanes) is 3. The summed E-state index contributed by atoms with van der Waals surface area (Å²) in [5.41, 5.74) is 6.19. The number of nitrogens with one attached hydrogen (secondary N) is 1. The number of benzene rings is 4. The molecule has 2 amide bonds. The van der Waals surface area contributed by atoms with Gasteiger partial charge in [0.25, 0.3) is 5.22 Å². The molecule has 3 N–H and O–H groups in total. The Hall–Kier alpha value is -4.78. The quantitative estimate of drug-likeness (QED) is 0.0393. The first-order chi connectivity index (χ1) is 25.9. The zero-order valence-corrected chi connectivity index (χ0v) is 30.5. The number of aliphatic hydroxyl groups is 1. The van der Waals surface area contributed by atoms with Crippen LogP contribution in [0.3, 0.4) is 0 Å². The number of carbonyl (C=O) groups excluding carboxylic acids is 2. The molecule has 0 aliphatic carbocycles. The van der Waals surface area contributed by atoms with Crippen molar-refractivity contribution in [1.82, 2.24) is 10.0 Å². The molecule has 53 heavy (non-hydrogen) atoms. The van der Waals surface area contributed by atoms with E-state index in [1.54, 1.807) is 0 Å². The van der Waals surface area contributed by atoms with E-state index in [0.717, 1.165) is 52.8 Å². The normalized spacial score (nSPS) is 17.0. The Labute approximate surface area is 314 Å². The molecule has 2 heterocycles. The number of ether oxygens (including phenoxy) is 2. The van der Waals surface area contributed by atoms with E-state index in [1.165, 1.54) is 18.8 Å². The van der Waals surface area contributed by atoms with Gasteiger partial charge in [0.2, 0.25) is 11.8 Å². The smallest absolute Gasteiger partial charge is 0.256 e. The molecule has 4 aromatic carbocycles. The molecule has 1 saturated heterocycles. The minimum Gasteiger partial charge on any atom is -0.431 e. The Balaban J connectivity index is 1.11. The van der Waals surface area contributed by atoms with Crippen LogP contribution in [0.1, 0.15) is 73.8 Å². The Morgan fingerprint density at radius 1 is 0.792 bits per heavy atom. The van der Waals surface area contributed by atoms with Gasteiger partial charge in [-0.05, 0) is 41.7 Å². The molecule has 3 atom stereocenters. The van der Waals surface area contributed by atoms with E-state index < -0.39 is 6.29 Å². The third-order valence-electron chi connectivity index (χ3n) is 9.10. The first-order valence-electron chi connectivity index (χ1n) is 18.0. The molecule has 3 unspecified atom stereocenters. The molecule has 10 nitrogen and oxygen atoms in total. The van der Waals surface area contributed by atoms with Crippen LogP contribution in [0.2, 0.25) is 0 Å². The maximum atomic E-state index is 12.6. The molecule has 1 aromatic heterocycles. The monoisotopic (exact) mass is 735 g/mol. The number of nitrogens with zero attached hydrogens (tertiary/aromatic N) is 2. The van der Waals surface area contributed by atoms with Crippen molar-refractivity contribution in [2.75, 3.05) is 18.1 Å². The van der Waals surface area contributed by atoms with Crippen LogP contribution in [0.4, 0.5) is 5.69 Å². The highest BCUT2D eigenvalue weighted by Crippen LogP contribution is 2.41. The Morgan fingerprint density at radius 3 is 1.98 bits per heavy atom. The Morgan fingerprint density at radius 2 is 1.38 bits per heavy atom. The van der Waals surface area contributed by atoms with E-state index >= 15 is 0 Å². The second kappa shape index (κ2) is 18.8. The lowest BCUT2D eigenvalue weighted by Crippen LogP contribution is -2.31. The van der Waals surface area contributed by atoms with Gasteiger partial charge in [-0.15, -0.1) is 0 Å². The minimum atomic E-state index is -0.574. The molecular weight excluding hydrogens is 691 g/mol. The van der Waals surface area contributed by atoms with Crippen LogP contribution in [0.25, 0.3) is 22.6 Å². The van der Waals surface area contributed by atoms with Gasteiger partial charge < -0.3 is 24.3 Å². The first kappa shape index (κ1) is 38.0. The van der Waals surface area contributed by atoms with Gasteiger partial charge in [0.15, 0.2) is 12.1 Å². The Kier molecular flexibility index (Phi) is 13.5. The SMILES string of the molecule is CN(O)C(=O)CCCCCCC(=O)Nc1ccc(C2CC(c3ccc(CO)cc3)OC(CSc3nc(-c4ccccc4)c(-c4ccccc4)o3)O2)cc1. The first-order valence-corrected chi connectivity index (χ1v) is 18.9. The number of thioether (sulfide) groups is 1. The molecule has 0 spiro atoms. The molecule has 1 fully saturated rings. The number of amides is 2. The zero-order valence-electron chi connectivity index (χ0n) is 29.7. The Bertz CT molecular complexity index is 1840. The average molecular weight is 736 g/mol. The second-order valence-corrected chi connectivity index (χ2v) is 14.0. The molecule has 1 aliphatic heterocycles. The fourth-order valence-corrected chi connectivity index (χ4v) is 6.94. The number of aromatic nitrogens is 1.